The maximum Gasteiger partial charge on any atom is 0.224 e. The number of benzene rings is 1. The summed E-state index contributed by atoms with van der Waals surface area (Å²) in [6.45, 7) is 2.41. The number of hydrogen-bond donors (Lipinski definition) is 2. The molecule has 1 rings (SSSR count). The molecule has 1 amide bonds. The Morgan fingerprint density at radius 1 is 1.44 bits per heavy atom. The van der Waals surface area contributed by atoms with Crippen LogP contribution in [-0.4, -0.2) is 30.7 Å². The number of nitrogens with two attached hydrogens (primary N) is 1. The van der Waals surface area contributed by atoms with Crippen molar-refractivity contribution >= 4 is 23.1 Å². The molecule has 1 aromatic rings. The molecule has 98 valence electrons. The van der Waals surface area contributed by atoms with Gasteiger partial charge in [0.25, 0.3) is 0 Å². The van der Waals surface area contributed by atoms with Gasteiger partial charge in [0.15, 0.2) is 0 Å². The Balaban J connectivity index is 2.47. The third-order valence-corrected chi connectivity index (χ3v) is 2.83. The van der Waals surface area contributed by atoms with Gasteiger partial charge in [0, 0.05) is 19.2 Å². The van der Waals surface area contributed by atoms with E-state index in [1.165, 1.54) is 0 Å². The van der Waals surface area contributed by atoms with Gasteiger partial charge in [-0.25, -0.2) is 0 Å². The van der Waals surface area contributed by atoms with Crippen molar-refractivity contribution in [3.05, 3.63) is 35.4 Å². The highest BCUT2D eigenvalue weighted by molar-refractivity contribution is 7.80. The Hall–Kier alpha value is -1.46. The Labute approximate surface area is 113 Å². The zero-order valence-electron chi connectivity index (χ0n) is 10.6. The minimum Gasteiger partial charge on any atom is -0.389 e. The Kier molecular flexibility index (Phi) is 5.74. The summed E-state index contributed by atoms with van der Waals surface area (Å²) in [5.41, 5.74) is 7.24. The van der Waals surface area contributed by atoms with Crippen molar-refractivity contribution < 1.29 is 9.53 Å². The summed E-state index contributed by atoms with van der Waals surface area (Å²) in [6, 6.07) is 7.35. The van der Waals surface area contributed by atoms with Gasteiger partial charge in [-0.15, -0.1) is 0 Å². The lowest BCUT2D eigenvalue weighted by atomic mass is 10.1. The van der Waals surface area contributed by atoms with Crippen molar-refractivity contribution in [2.24, 2.45) is 5.73 Å². The fourth-order valence-corrected chi connectivity index (χ4v) is 1.51. The van der Waals surface area contributed by atoms with Crippen LogP contribution in [0.25, 0.3) is 0 Å². The molecule has 0 aromatic heterocycles. The summed E-state index contributed by atoms with van der Waals surface area (Å²) in [7, 11) is 1.62. The average molecular weight is 266 g/mol. The molecule has 0 aliphatic carbocycles. The molecule has 0 aliphatic rings. The van der Waals surface area contributed by atoms with E-state index >= 15 is 0 Å². The van der Waals surface area contributed by atoms with Gasteiger partial charge < -0.3 is 15.8 Å². The van der Waals surface area contributed by atoms with Gasteiger partial charge in [-0.2, -0.15) is 0 Å². The largest absolute Gasteiger partial charge is 0.389 e. The quantitative estimate of drug-likeness (QED) is 0.754. The summed E-state index contributed by atoms with van der Waals surface area (Å²) < 4.78 is 5.05. The second kappa shape index (κ2) is 7.08. The lowest BCUT2D eigenvalue weighted by Gasteiger charge is -2.10. The van der Waals surface area contributed by atoms with Crippen molar-refractivity contribution in [3.63, 3.8) is 0 Å². The lowest BCUT2D eigenvalue weighted by Crippen LogP contribution is -2.32. The molecule has 0 saturated heterocycles. The van der Waals surface area contributed by atoms with Crippen LogP contribution in [0.2, 0.25) is 0 Å². The molecule has 0 bridgehead atoms. The number of amides is 1. The lowest BCUT2D eigenvalue weighted by molar-refractivity contribution is -0.120. The van der Waals surface area contributed by atoms with Gasteiger partial charge in [0.05, 0.1) is 12.5 Å². The van der Waals surface area contributed by atoms with Crippen LogP contribution in [0.5, 0.6) is 0 Å². The molecule has 0 aliphatic heterocycles. The van der Waals surface area contributed by atoms with Gasteiger partial charge >= 0.3 is 0 Å². The maximum absolute atomic E-state index is 11.6. The monoisotopic (exact) mass is 266 g/mol. The van der Waals surface area contributed by atoms with E-state index in [-0.39, 0.29) is 12.0 Å². The summed E-state index contributed by atoms with van der Waals surface area (Å²) in [4.78, 5) is 12.0. The topological polar surface area (TPSA) is 64.3 Å². The average Bonchev–Trinajstić information content (AvgIpc) is 2.36. The Morgan fingerprint density at radius 3 is 2.56 bits per heavy atom. The van der Waals surface area contributed by atoms with E-state index in [1.54, 1.807) is 7.11 Å². The molecule has 18 heavy (non-hydrogen) atoms. The second-order valence-electron chi connectivity index (χ2n) is 4.09. The van der Waals surface area contributed by atoms with E-state index in [9.17, 15) is 4.79 Å². The number of thiocarbonyl (C=S) groups is 1. The molecular formula is C13H18N2O2S. The van der Waals surface area contributed by atoms with Crippen molar-refractivity contribution in [1.29, 1.82) is 0 Å². The second-order valence-corrected chi connectivity index (χ2v) is 4.53. The minimum atomic E-state index is -0.0259. The molecule has 1 unspecified atom stereocenters. The van der Waals surface area contributed by atoms with E-state index < -0.39 is 0 Å². The van der Waals surface area contributed by atoms with E-state index in [0.717, 1.165) is 11.1 Å². The standard InChI is InChI=1S/C13H18N2O2S/c1-9(17-2)8-15-12(16)7-10-3-5-11(6-4-10)13(14)18/h3-6,9H,7-8H2,1-2H3,(H2,14,18)(H,15,16). The van der Waals surface area contributed by atoms with E-state index in [1.807, 2.05) is 31.2 Å². The highest BCUT2D eigenvalue weighted by atomic mass is 32.1. The molecule has 0 spiro atoms. The molecular weight excluding hydrogens is 248 g/mol. The third-order valence-electron chi connectivity index (χ3n) is 2.59. The molecule has 0 heterocycles. The zero-order chi connectivity index (χ0) is 13.5. The van der Waals surface area contributed by atoms with E-state index in [2.05, 4.69) is 5.32 Å². The zero-order valence-corrected chi connectivity index (χ0v) is 11.4. The van der Waals surface area contributed by atoms with Gasteiger partial charge in [-0.3, -0.25) is 4.79 Å². The molecule has 1 aromatic carbocycles. The summed E-state index contributed by atoms with van der Waals surface area (Å²) in [5.74, 6) is -0.0259. The maximum atomic E-state index is 11.6. The number of carbonyl (C=O) groups is 1. The summed E-state index contributed by atoms with van der Waals surface area (Å²) in [5, 5.41) is 2.80. The van der Waals surface area contributed by atoms with Crippen LogP contribution < -0.4 is 11.1 Å². The SMILES string of the molecule is COC(C)CNC(=O)Cc1ccc(C(N)=S)cc1. The van der Waals surface area contributed by atoms with E-state index in [4.69, 9.17) is 22.7 Å². The van der Waals surface area contributed by atoms with Crippen molar-refractivity contribution in [2.45, 2.75) is 19.4 Å². The normalized spacial score (nSPS) is 11.9. The number of hydrogen-bond acceptors (Lipinski definition) is 3. The van der Waals surface area contributed by atoms with Crippen LogP contribution in [0.3, 0.4) is 0 Å². The molecule has 1 atom stereocenters. The first-order valence-electron chi connectivity index (χ1n) is 5.71. The fraction of sp³-hybridized carbons (Fsp3) is 0.385. The van der Waals surface area contributed by atoms with Crippen LogP contribution in [0.4, 0.5) is 0 Å². The van der Waals surface area contributed by atoms with Gasteiger partial charge in [0.1, 0.15) is 4.99 Å². The number of nitrogens with one attached hydrogen (secondary N) is 1. The van der Waals surface area contributed by atoms with Crippen LogP contribution in [-0.2, 0) is 16.0 Å². The summed E-state index contributed by atoms with van der Waals surface area (Å²) in [6.07, 6.45) is 0.361. The number of methoxy groups -OCH3 is 1. The Morgan fingerprint density at radius 2 is 2.06 bits per heavy atom. The van der Waals surface area contributed by atoms with Crippen molar-refractivity contribution in [2.75, 3.05) is 13.7 Å². The van der Waals surface area contributed by atoms with Crippen molar-refractivity contribution in [3.8, 4) is 0 Å². The predicted molar refractivity (Wildman–Crippen MR) is 75.5 cm³/mol. The molecule has 4 nitrogen and oxygen atoms in total. The first kappa shape index (κ1) is 14.6. The van der Waals surface area contributed by atoms with E-state index in [0.29, 0.717) is 18.0 Å². The number of carbonyl (C=O) groups excluding carboxylic acids is 1. The van der Waals surface area contributed by atoms with Crippen molar-refractivity contribution in [1.82, 2.24) is 5.32 Å². The Bertz CT molecular complexity index is 418. The minimum absolute atomic E-state index is 0.0194. The first-order valence-corrected chi connectivity index (χ1v) is 6.12. The highest BCUT2D eigenvalue weighted by Gasteiger charge is 2.06. The third kappa shape index (κ3) is 4.81. The van der Waals surface area contributed by atoms with Crippen LogP contribution in [0.1, 0.15) is 18.1 Å². The van der Waals surface area contributed by atoms with Crippen LogP contribution in [0.15, 0.2) is 24.3 Å². The molecule has 3 N–H and O–H groups in total. The smallest absolute Gasteiger partial charge is 0.224 e. The highest BCUT2D eigenvalue weighted by Crippen LogP contribution is 2.05. The molecule has 0 saturated carbocycles. The van der Waals surface area contributed by atoms with Gasteiger partial charge in [0.2, 0.25) is 5.91 Å². The fourth-order valence-electron chi connectivity index (χ4n) is 1.38. The number of rotatable bonds is 6. The molecule has 0 fully saturated rings. The predicted octanol–water partition coefficient (Wildman–Crippen LogP) is 1.01. The van der Waals surface area contributed by atoms with Gasteiger partial charge in [-0.1, -0.05) is 36.5 Å². The van der Waals surface area contributed by atoms with Crippen LogP contribution in [0, 0.1) is 0 Å². The molecule has 0 radical (unpaired) electrons. The number of ether oxygens (including phenoxy) is 1. The molecule has 5 heteroatoms. The first-order chi connectivity index (χ1) is 8.52. The summed E-state index contributed by atoms with van der Waals surface area (Å²) >= 11 is 4.86. The van der Waals surface area contributed by atoms with Crippen LogP contribution >= 0.6 is 12.2 Å². The van der Waals surface area contributed by atoms with Gasteiger partial charge in [-0.05, 0) is 12.5 Å².